The van der Waals surface area contributed by atoms with Gasteiger partial charge in [-0.1, -0.05) is 0 Å². The summed E-state index contributed by atoms with van der Waals surface area (Å²) >= 11 is 0. The summed E-state index contributed by atoms with van der Waals surface area (Å²) in [5.41, 5.74) is 1.54. The van der Waals surface area contributed by atoms with Crippen LogP contribution in [0.1, 0.15) is 25.5 Å². The molecule has 0 saturated carbocycles. The molecule has 1 aromatic rings. The van der Waals surface area contributed by atoms with Crippen LogP contribution in [0, 0.1) is 5.82 Å². The Labute approximate surface area is 101 Å². The Balaban J connectivity index is 2.30. The lowest BCUT2D eigenvalue weighted by molar-refractivity contribution is 0.0529. The molecule has 1 saturated heterocycles. The highest BCUT2D eigenvalue weighted by Crippen LogP contribution is 2.28. The van der Waals surface area contributed by atoms with Gasteiger partial charge in [0.15, 0.2) is 0 Å². The minimum atomic E-state index is -0.668. The van der Waals surface area contributed by atoms with Crippen LogP contribution in [0.2, 0.25) is 0 Å². The maximum Gasteiger partial charge on any atom is 0.123 e. The van der Waals surface area contributed by atoms with Gasteiger partial charge in [-0.15, -0.1) is 0 Å². The lowest BCUT2D eigenvalue weighted by Crippen LogP contribution is -2.41. The SMILES string of the molecule is CC1CN(c2ccc(F)cc2C(C)O)CCO1. The zero-order valence-corrected chi connectivity index (χ0v) is 10.2. The first-order chi connectivity index (χ1) is 8.08. The Hall–Kier alpha value is -1.13. The van der Waals surface area contributed by atoms with Crippen LogP contribution in [-0.2, 0) is 4.74 Å². The highest BCUT2D eigenvalue weighted by Gasteiger charge is 2.20. The molecule has 1 fully saturated rings. The van der Waals surface area contributed by atoms with Crippen LogP contribution in [-0.4, -0.2) is 30.9 Å². The van der Waals surface area contributed by atoms with Gasteiger partial charge in [-0.2, -0.15) is 0 Å². The normalized spacial score (nSPS) is 22.6. The smallest absolute Gasteiger partial charge is 0.123 e. The highest BCUT2D eigenvalue weighted by molar-refractivity contribution is 5.55. The number of morpholine rings is 1. The van der Waals surface area contributed by atoms with E-state index in [9.17, 15) is 9.50 Å². The number of hydrogen-bond acceptors (Lipinski definition) is 3. The molecule has 2 rings (SSSR count). The molecule has 4 heteroatoms. The number of aliphatic hydroxyl groups is 1. The molecule has 1 aliphatic heterocycles. The summed E-state index contributed by atoms with van der Waals surface area (Å²) in [6, 6.07) is 4.57. The third kappa shape index (κ3) is 2.76. The van der Waals surface area contributed by atoms with Gasteiger partial charge < -0.3 is 14.7 Å². The van der Waals surface area contributed by atoms with Crippen molar-refractivity contribution in [3.63, 3.8) is 0 Å². The van der Waals surface area contributed by atoms with E-state index in [1.54, 1.807) is 13.0 Å². The van der Waals surface area contributed by atoms with Crippen molar-refractivity contribution in [3.05, 3.63) is 29.6 Å². The third-order valence-electron chi connectivity index (χ3n) is 3.02. The molecule has 0 bridgehead atoms. The monoisotopic (exact) mass is 239 g/mol. The summed E-state index contributed by atoms with van der Waals surface area (Å²) in [6.07, 6.45) is -0.505. The fourth-order valence-corrected chi connectivity index (χ4v) is 2.19. The summed E-state index contributed by atoms with van der Waals surface area (Å²) in [6.45, 7) is 5.87. The maximum absolute atomic E-state index is 13.2. The largest absolute Gasteiger partial charge is 0.389 e. The minimum Gasteiger partial charge on any atom is -0.389 e. The van der Waals surface area contributed by atoms with Crippen molar-refractivity contribution in [3.8, 4) is 0 Å². The van der Waals surface area contributed by atoms with Gasteiger partial charge in [-0.3, -0.25) is 0 Å². The van der Waals surface area contributed by atoms with Crippen LogP contribution in [0.5, 0.6) is 0 Å². The Morgan fingerprint density at radius 2 is 2.29 bits per heavy atom. The van der Waals surface area contributed by atoms with Crippen LogP contribution in [0.3, 0.4) is 0 Å². The van der Waals surface area contributed by atoms with Crippen LogP contribution in [0.15, 0.2) is 18.2 Å². The summed E-state index contributed by atoms with van der Waals surface area (Å²) in [4.78, 5) is 2.13. The number of rotatable bonds is 2. The van der Waals surface area contributed by atoms with Gasteiger partial charge in [-0.05, 0) is 32.0 Å². The molecule has 2 atom stereocenters. The van der Waals surface area contributed by atoms with Gasteiger partial charge in [-0.25, -0.2) is 4.39 Å². The average Bonchev–Trinajstić information content (AvgIpc) is 2.28. The predicted molar refractivity (Wildman–Crippen MR) is 64.7 cm³/mol. The van der Waals surface area contributed by atoms with Crippen LogP contribution in [0.25, 0.3) is 0 Å². The molecule has 1 N–H and O–H groups in total. The Morgan fingerprint density at radius 1 is 1.53 bits per heavy atom. The maximum atomic E-state index is 13.2. The first-order valence-corrected chi connectivity index (χ1v) is 5.92. The molecule has 94 valence electrons. The van der Waals surface area contributed by atoms with Gasteiger partial charge in [0, 0.05) is 24.3 Å². The third-order valence-corrected chi connectivity index (χ3v) is 3.02. The second-order valence-corrected chi connectivity index (χ2v) is 4.51. The second-order valence-electron chi connectivity index (χ2n) is 4.51. The Morgan fingerprint density at radius 3 is 2.94 bits per heavy atom. The van der Waals surface area contributed by atoms with E-state index in [0.717, 1.165) is 18.8 Å². The summed E-state index contributed by atoms with van der Waals surface area (Å²) < 4.78 is 18.7. The van der Waals surface area contributed by atoms with Gasteiger partial charge in [0.25, 0.3) is 0 Å². The standard InChI is InChI=1S/C13H18FNO2/c1-9-8-15(5-6-17-9)13-4-3-11(14)7-12(13)10(2)16/h3-4,7,9-10,16H,5-6,8H2,1-2H3. The van der Waals surface area contributed by atoms with Gasteiger partial charge >= 0.3 is 0 Å². The summed E-state index contributed by atoms with van der Waals surface area (Å²) in [5.74, 6) is -0.314. The molecule has 0 aromatic heterocycles. The predicted octanol–water partition coefficient (Wildman–Crippen LogP) is 2.10. The van der Waals surface area contributed by atoms with Crippen molar-refractivity contribution in [1.82, 2.24) is 0 Å². The molecular formula is C13H18FNO2. The molecule has 1 aliphatic rings. The van der Waals surface area contributed by atoms with Crippen molar-refractivity contribution in [1.29, 1.82) is 0 Å². The van der Waals surface area contributed by atoms with Crippen LogP contribution in [0.4, 0.5) is 10.1 Å². The van der Waals surface area contributed by atoms with Crippen molar-refractivity contribution in [2.75, 3.05) is 24.6 Å². The van der Waals surface area contributed by atoms with E-state index < -0.39 is 6.10 Å². The molecule has 0 spiro atoms. The number of benzene rings is 1. The number of nitrogens with zero attached hydrogens (tertiary/aromatic N) is 1. The minimum absolute atomic E-state index is 0.163. The zero-order valence-electron chi connectivity index (χ0n) is 10.2. The van der Waals surface area contributed by atoms with E-state index in [1.807, 2.05) is 6.92 Å². The average molecular weight is 239 g/mol. The molecular weight excluding hydrogens is 221 g/mol. The van der Waals surface area contributed by atoms with E-state index in [4.69, 9.17) is 4.74 Å². The zero-order chi connectivity index (χ0) is 12.4. The second kappa shape index (κ2) is 5.02. The topological polar surface area (TPSA) is 32.7 Å². The molecule has 1 aromatic carbocycles. The first-order valence-electron chi connectivity index (χ1n) is 5.92. The number of halogens is 1. The first kappa shape index (κ1) is 12.3. The lowest BCUT2D eigenvalue weighted by atomic mass is 10.1. The molecule has 17 heavy (non-hydrogen) atoms. The van der Waals surface area contributed by atoms with Gasteiger partial charge in [0.1, 0.15) is 5.82 Å². The Bertz CT molecular complexity index is 395. The number of hydrogen-bond donors (Lipinski definition) is 1. The van der Waals surface area contributed by atoms with Crippen LogP contribution < -0.4 is 4.90 Å². The Kier molecular flexibility index (Phi) is 3.64. The van der Waals surface area contributed by atoms with E-state index in [-0.39, 0.29) is 11.9 Å². The lowest BCUT2D eigenvalue weighted by Gasteiger charge is -2.34. The van der Waals surface area contributed by atoms with E-state index in [0.29, 0.717) is 12.2 Å². The van der Waals surface area contributed by atoms with E-state index in [1.165, 1.54) is 12.1 Å². The molecule has 0 aliphatic carbocycles. The molecule has 2 unspecified atom stereocenters. The van der Waals surface area contributed by atoms with Crippen molar-refractivity contribution in [2.45, 2.75) is 26.1 Å². The summed E-state index contributed by atoms with van der Waals surface area (Å²) in [5, 5.41) is 9.70. The van der Waals surface area contributed by atoms with E-state index in [2.05, 4.69) is 4.90 Å². The molecule has 0 amide bonds. The fraction of sp³-hybridized carbons (Fsp3) is 0.538. The summed E-state index contributed by atoms with van der Waals surface area (Å²) in [7, 11) is 0. The van der Waals surface area contributed by atoms with Gasteiger partial charge in [0.05, 0.1) is 18.8 Å². The quantitative estimate of drug-likeness (QED) is 0.858. The van der Waals surface area contributed by atoms with Crippen molar-refractivity contribution >= 4 is 5.69 Å². The van der Waals surface area contributed by atoms with Crippen LogP contribution >= 0.6 is 0 Å². The number of ether oxygens (including phenoxy) is 1. The molecule has 3 nitrogen and oxygen atoms in total. The fourth-order valence-electron chi connectivity index (χ4n) is 2.19. The van der Waals surface area contributed by atoms with Crippen molar-refractivity contribution < 1.29 is 14.2 Å². The number of anilines is 1. The molecule has 0 radical (unpaired) electrons. The van der Waals surface area contributed by atoms with Gasteiger partial charge in [0.2, 0.25) is 0 Å². The number of aliphatic hydroxyl groups excluding tert-OH is 1. The van der Waals surface area contributed by atoms with Crippen molar-refractivity contribution in [2.24, 2.45) is 0 Å². The van der Waals surface area contributed by atoms with E-state index >= 15 is 0 Å². The highest BCUT2D eigenvalue weighted by atomic mass is 19.1. The molecule has 1 heterocycles.